The van der Waals surface area contributed by atoms with Crippen LogP contribution in [0.3, 0.4) is 0 Å². The third kappa shape index (κ3) is 3.68. The van der Waals surface area contributed by atoms with Crippen molar-refractivity contribution in [3.8, 4) is 22.3 Å². The Labute approximate surface area is 160 Å². The van der Waals surface area contributed by atoms with Gasteiger partial charge in [-0.25, -0.2) is 10.1 Å². The van der Waals surface area contributed by atoms with Crippen LogP contribution in [0.15, 0.2) is 28.7 Å². The van der Waals surface area contributed by atoms with Gasteiger partial charge in [0.05, 0.1) is 26.1 Å². The van der Waals surface area contributed by atoms with E-state index >= 15 is 0 Å². The lowest BCUT2D eigenvalue weighted by Gasteiger charge is -2.07. The molecule has 1 aromatic carbocycles. The molecule has 7 nitrogen and oxygen atoms in total. The summed E-state index contributed by atoms with van der Waals surface area (Å²) in [5.41, 5.74) is 1.87. The van der Waals surface area contributed by atoms with Gasteiger partial charge in [-0.2, -0.15) is 9.78 Å². The van der Waals surface area contributed by atoms with E-state index in [1.165, 1.54) is 11.3 Å². The number of rotatable bonds is 6. The molecule has 0 saturated heterocycles. The number of benzene rings is 1. The molecule has 3 rings (SSSR count). The van der Waals surface area contributed by atoms with Crippen LogP contribution in [-0.2, 0) is 0 Å². The number of nitrogens with one attached hydrogen (secondary N) is 1. The third-order valence-corrected chi connectivity index (χ3v) is 4.81. The lowest BCUT2D eigenvalue weighted by molar-refractivity contribution is 0.355. The summed E-state index contributed by atoms with van der Waals surface area (Å²) in [5, 5.41) is 14.3. The molecule has 0 spiro atoms. The van der Waals surface area contributed by atoms with Crippen molar-refractivity contribution in [3.05, 3.63) is 39.6 Å². The SMILES string of the molecule is COc1ccc(/C=N/n2c(-c3nc(C(C)C)cs3)n[nH]c2=S)cc1OC. The van der Waals surface area contributed by atoms with E-state index in [2.05, 4.69) is 34.1 Å². The van der Waals surface area contributed by atoms with Gasteiger partial charge in [0.1, 0.15) is 0 Å². The van der Waals surface area contributed by atoms with Crippen molar-refractivity contribution in [3.63, 3.8) is 0 Å². The molecule has 0 aliphatic heterocycles. The van der Waals surface area contributed by atoms with Gasteiger partial charge in [0.15, 0.2) is 16.5 Å². The van der Waals surface area contributed by atoms with Crippen molar-refractivity contribution in [1.29, 1.82) is 0 Å². The first-order valence-electron chi connectivity index (χ1n) is 7.93. The molecule has 9 heteroatoms. The van der Waals surface area contributed by atoms with Gasteiger partial charge < -0.3 is 9.47 Å². The van der Waals surface area contributed by atoms with E-state index in [0.717, 1.165) is 16.3 Å². The van der Waals surface area contributed by atoms with E-state index in [1.807, 2.05) is 23.6 Å². The number of ether oxygens (including phenoxy) is 2. The first kappa shape index (κ1) is 18.3. The summed E-state index contributed by atoms with van der Waals surface area (Å²) < 4.78 is 12.5. The lowest BCUT2D eigenvalue weighted by Crippen LogP contribution is -1.96. The molecule has 1 N–H and O–H groups in total. The molecule has 2 aromatic heterocycles. The van der Waals surface area contributed by atoms with Crippen LogP contribution in [0, 0.1) is 4.77 Å². The highest BCUT2D eigenvalue weighted by Gasteiger charge is 2.14. The maximum Gasteiger partial charge on any atom is 0.216 e. The minimum Gasteiger partial charge on any atom is -0.493 e. The van der Waals surface area contributed by atoms with Gasteiger partial charge in [0.2, 0.25) is 10.6 Å². The van der Waals surface area contributed by atoms with Gasteiger partial charge in [-0.3, -0.25) is 0 Å². The Balaban J connectivity index is 1.94. The second-order valence-electron chi connectivity index (χ2n) is 5.76. The van der Waals surface area contributed by atoms with E-state index in [0.29, 0.717) is 28.0 Å². The third-order valence-electron chi connectivity index (χ3n) is 3.69. The van der Waals surface area contributed by atoms with E-state index in [1.54, 1.807) is 25.1 Å². The molecule has 0 unspecified atom stereocenters. The number of hydrogen-bond acceptors (Lipinski definition) is 7. The van der Waals surface area contributed by atoms with Crippen LogP contribution in [0.5, 0.6) is 11.5 Å². The maximum atomic E-state index is 5.31. The highest BCUT2D eigenvalue weighted by atomic mass is 32.1. The fourth-order valence-corrected chi connectivity index (χ4v) is 3.38. The van der Waals surface area contributed by atoms with Crippen LogP contribution in [-0.4, -0.2) is 40.3 Å². The molecule has 0 aliphatic rings. The van der Waals surface area contributed by atoms with E-state index in [9.17, 15) is 0 Å². The molecular weight excluding hydrogens is 370 g/mol. The van der Waals surface area contributed by atoms with E-state index in [4.69, 9.17) is 21.7 Å². The molecule has 26 heavy (non-hydrogen) atoms. The number of H-pyrrole nitrogens is 1. The first-order valence-corrected chi connectivity index (χ1v) is 9.22. The summed E-state index contributed by atoms with van der Waals surface area (Å²) in [6.07, 6.45) is 1.69. The van der Waals surface area contributed by atoms with E-state index in [-0.39, 0.29) is 0 Å². The predicted octanol–water partition coefficient (Wildman–Crippen LogP) is 4.09. The van der Waals surface area contributed by atoms with Gasteiger partial charge >= 0.3 is 0 Å². The number of nitrogens with zero attached hydrogens (tertiary/aromatic N) is 4. The standard InChI is InChI=1S/C17H19N5O2S2/c1-10(2)12-9-26-16(19-12)15-20-21-17(25)22(15)18-8-11-5-6-13(23-3)14(7-11)24-4/h5-10H,1-4H3,(H,21,25)/b18-8+. The summed E-state index contributed by atoms with van der Waals surface area (Å²) in [6.45, 7) is 4.20. The highest BCUT2D eigenvalue weighted by Crippen LogP contribution is 2.27. The maximum absolute atomic E-state index is 5.31. The summed E-state index contributed by atoms with van der Waals surface area (Å²) >= 11 is 6.82. The summed E-state index contributed by atoms with van der Waals surface area (Å²) in [7, 11) is 3.19. The molecule has 0 atom stereocenters. The van der Waals surface area contributed by atoms with Crippen LogP contribution < -0.4 is 9.47 Å². The lowest BCUT2D eigenvalue weighted by atomic mass is 10.2. The number of hydrogen-bond donors (Lipinski definition) is 1. The number of thiazole rings is 1. The van der Waals surface area contributed by atoms with Crippen molar-refractivity contribution < 1.29 is 9.47 Å². The van der Waals surface area contributed by atoms with Crippen molar-refractivity contribution in [2.75, 3.05) is 14.2 Å². The molecule has 0 saturated carbocycles. The van der Waals surface area contributed by atoms with E-state index < -0.39 is 0 Å². The highest BCUT2D eigenvalue weighted by molar-refractivity contribution is 7.71. The topological polar surface area (TPSA) is 77.3 Å². The van der Waals surface area contributed by atoms with Gasteiger partial charge in [-0.1, -0.05) is 13.8 Å². The van der Waals surface area contributed by atoms with Crippen LogP contribution in [0.1, 0.15) is 31.0 Å². The Morgan fingerprint density at radius 2 is 2.04 bits per heavy atom. The Hall–Kier alpha value is -2.52. The zero-order valence-corrected chi connectivity index (χ0v) is 16.5. The van der Waals surface area contributed by atoms with Gasteiger partial charge in [-0.05, 0) is 41.9 Å². The van der Waals surface area contributed by atoms with Gasteiger partial charge in [0.25, 0.3) is 0 Å². The average Bonchev–Trinajstić information content (AvgIpc) is 3.26. The number of methoxy groups -OCH3 is 2. The Morgan fingerprint density at radius 1 is 1.27 bits per heavy atom. The second kappa shape index (κ2) is 7.79. The van der Waals surface area contributed by atoms with Crippen LogP contribution in [0.2, 0.25) is 0 Å². The molecular formula is C17H19N5O2S2. The Bertz CT molecular complexity index is 987. The van der Waals surface area contributed by atoms with Crippen LogP contribution >= 0.6 is 23.6 Å². The number of aromatic nitrogens is 4. The van der Waals surface area contributed by atoms with Crippen molar-refractivity contribution >= 4 is 29.8 Å². The Kier molecular flexibility index (Phi) is 5.48. The smallest absolute Gasteiger partial charge is 0.216 e. The summed E-state index contributed by atoms with van der Waals surface area (Å²) in [6, 6.07) is 5.55. The minimum absolute atomic E-state index is 0.352. The molecule has 3 aromatic rings. The fraction of sp³-hybridized carbons (Fsp3) is 0.294. The monoisotopic (exact) mass is 389 g/mol. The van der Waals surface area contributed by atoms with Crippen LogP contribution in [0.25, 0.3) is 10.8 Å². The number of aromatic amines is 1. The molecule has 0 radical (unpaired) electrons. The summed E-state index contributed by atoms with van der Waals surface area (Å²) in [4.78, 5) is 4.62. The van der Waals surface area contributed by atoms with Gasteiger partial charge in [-0.15, -0.1) is 16.4 Å². The van der Waals surface area contributed by atoms with Crippen LogP contribution in [0.4, 0.5) is 0 Å². The predicted molar refractivity (Wildman–Crippen MR) is 105 cm³/mol. The molecule has 0 amide bonds. The average molecular weight is 390 g/mol. The normalized spacial score (nSPS) is 11.4. The van der Waals surface area contributed by atoms with Crippen molar-refractivity contribution in [1.82, 2.24) is 19.9 Å². The first-order chi connectivity index (χ1) is 12.5. The molecule has 0 aliphatic carbocycles. The minimum atomic E-state index is 0.352. The second-order valence-corrected chi connectivity index (χ2v) is 7.00. The molecule has 136 valence electrons. The fourth-order valence-electron chi connectivity index (χ4n) is 2.25. The largest absolute Gasteiger partial charge is 0.493 e. The molecule has 0 bridgehead atoms. The molecule has 2 heterocycles. The zero-order chi connectivity index (χ0) is 18.7. The zero-order valence-electron chi connectivity index (χ0n) is 14.9. The quantitative estimate of drug-likeness (QED) is 0.508. The van der Waals surface area contributed by atoms with Crippen molar-refractivity contribution in [2.24, 2.45) is 5.10 Å². The Morgan fingerprint density at radius 3 is 2.69 bits per heavy atom. The summed E-state index contributed by atoms with van der Waals surface area (Å²) in [5.74, 6) is 2.23. The van der Waals surface area contributed by atoms with Gasteiger partial charge in [0, 0.05) is 5.38 Å². The van der Waals surface area contributed by atoms with Crippen molar-refractivity contribution in [2.45, 2.75) is 19.8 Å². The molecule has 0 fully saturated rings.